The third-order valence-electron chi connectivity index (χ3n) is 2.80. The molecule has 15 heavy (non-hydrogen) atoms. The first-order chi connectivity index (χ1) is 7.29. The summed E-state index contributed by atoms with van der Waals surface area (Å²) in [7, 11) is 0. The van der Waals surface area contributed by atoms with Crippen LogP contribution in [-0.2, 0) is 11.3 Å². The normalized spacial score (nSPS) is 25.2. The number of hydrogen-bond donors (Lipinski definition) is 1. The molecule has 0 unspecified atom stereocenters. The predicted molar refractivity (Wildman–Crippen MR) is 54.3 cm³/mol. The average Bonchev–Trinajstić information content (AvgIpc) is 2.55. The molecule has 0 aliphatic heterocycles. The van der Waals surface area contributed by atoms with Crippen LogP contribution in [-0.4, -0.2) is 29.1 Å². The summed E-state index contributed by atoms with van der Waals surface area (Å²) in [5, 5.41) is 11.0. The molecule has 84 valence electrons. The molecule has 5 heteroatoms. The van der Waals surface area contributed by atoms with Crippen LogP contribution in [0.2, 0.25) is 0 Å². The fourth-order valence-electron chi connectivity index (χ4n) is 1.75. The van der Waals surface area contributed by atoms with Gasteiger partial charge in [0.1, 0.15) is 11.4 Å². The van der Waals surface area contributed by atoms with E-state index in [1.165, 1.54) is 0 Å². The first-order valence-corrected chi connectivity index (χ1v) is 5.42. The number of aryl methyl sites for hydroxylation is 1. The Labute approximate surface area is 89.1 Å². The Kier molecular flexibility index (Phi) is 3.33. The van der Waals surface area contributed by atoms with Crippen LogP contribution in [0.15, 0.2) is 4.63 Å². The summed E-state index contributed by atoms with van der Waals surface area (Å²) in [4.78, 5) is 0. The zero-order chi connectivity index (χ0) is 10.7. The molecule has 0 radical (unpaired) electrons. The number of ether oxygens (including phenoxy) is 1. The molecule has 1 fully saturated rings. The topological polar surface area (TPSA) is 60.2 Å². The molecule has 5 nitrogen and oxygen atoms in total. The van der Waals surface area contributed by atoms with Crippen molar-refractivity contribution in [2.24, 2.45) is 0 Å². The molecule has 1 aliphatic rings. The molecule has 0 saturated heterocycles. The van der Waals surface area contributed by atoms with Gasteiger partial charge in [-0.25, -0.2) is 4.63 Å². The Morgan fingerprint density at radius 3 is 2.87 bits per heavy atom. The Hall–Kier alpha value is -0.940. The van der Waals surface area contributed by atoms with Crippen LogP contribution in [0.25, 0.3) is 0 Å². The van der Waals surface area contributed by atoms with Crippen molar-refractivity contribution in [3.05, 3.63) is 11.4 Å². The number of nitrogens with zero attached hydrogens (tertiary/aromatic N) is 2. The Bertz CT molecular complexity index is 307. The summed E-state index contributed by atoms with van der Waals surface area (Å²) in [5.41, 5.74) is 1.76. The molecule has 0 amide bonds. The van der Waals surface area contributed by atoms with Gasteiger partial charge in [0.05, 0.1) is 6.10 Å². The molecule has 0 atom stereocenters. The van der Waals surface area contributed by atoms with Crippen LogP contribution in [0.1, 0.15) is 31.2 Å². The van der Waals surface area contributed by atoms with E-state index in [0.717, 1.165) is 37.4 Å². The van der Waals surface area contributed by atoms with Gasteiger partial charge >= 0.3 is 0 Å². The van der Waals surface area contributed by atoms with Gasteiger partial charge in [-0.2, -0.15) is 0 Å². The summed E-state index contributed by atoms with van der Waals surface area (Å²) in [6, 6.07) is 0.553. The van der Waals surface area contributed by atoms with Crippen molar-refractivity contribution in [3.63, 3.8) is 0 Å². The Balaban J connectivity index is 1.66. The van der Waals surface area contributed by atoms with Crippen molar-refractivity contribution in [1.82, 2.24) is 15.6 Å². The van der Waals surface area contributed by atoms with Crippen LogP contribution in [0.5, 0.6) is 0 Å². The van der Waals surface area contributed by atoms with Gasteiger partial charge in [0.2, 0.25) is 0 Å². The van der Waals surface area contributed by atoms with E-state index in [-0.39, 0.29) is 0 Å². The van der Waals surface area contributed by atoms with Crippen LogP contribution in [0.3, 0.4) is 0 Å². The van der Waals surface area contributed by atoms with Gasteiger partial charge in [-0.1, -0.05) is 10.3 Å². The first-order valence-electron chi connectivity index (χ1n) is 5.42. The van der Waals surface area contributed by atoms with Gasteiger partial charge in [-0.3, -0.25) is 0 Å². The Morgan fingerprint density at radius 2 is 2.27 bits per heavy atom. The third-order valence-corrected chi connectivity index (χ3v) is 2.80. The highest BCUT2D eigenvalue weighted by Crippen LogP contribution is 2.23. The lowest BCUT2D eigenvalue weighted by Crippen LogP contribution is -2.45. The maximum absolute atomic E-state index is 5.48. The molecule has 2 rings (SSSR count). The summed E-state index contributed by atoms with van der Waals surface area (Å²) < 4.78 is 10.1. The smallest absolute Gasteiger partial charge is 0.121 e. The minimum atomic E-state index is 0.448. The molecular weight excluding hydrogens is 194 g/mol. The molecule has 1 heterocycles. The van der Waals surface area contributed by atoms with E-state index in [9.17, 15) is 0 Å². The number of rotatable bonds is 5. The zero-order valence-corrected chi connectivity index (χ0v) is 9.19. The number of nitrogens with one attached hydrogen (secondary N) is 1. The number of aromatic nitrogens is 2. The molecule has 1 aromatic heterocycles. The van der Waals surface area contributed by atoms with Crippen LogP contribution >= 0.6 is 0 Å². The minimum Gasteiger partial charge on any atom is -0.378 e. The van der Waals surface area contributed by atoms with Crippen molar-refractivity contribution >= 4 is 0 Å². The van der Waals surface area contributed by atoms with Crippen LogP contribution < -0.4 is 5.32 Å². The lowest BCUT2D eigenvalue weighted by molar-refractivity contribution is -0.0103. The second-order valence-corrected chi connectivity index (χ2v) is 3.92. The van der Waals surface area contributed by atoms with Crippen LogP contribution in [0, 0.1) is 6.92 Å². The Morgan fingerprint density at radius 1 is 1.47 bits per heavy atom. The maximum Gasteiger partial charge on any atom is 0.121 e. The standard InChI is InChI=1S/C10H17N3O2/c1-3-14-9-4-8(5-9)11-6-10-7(2)12-15-13-10/h8-9,11H,3-6H2,1-2H3. The van der Waals surface area contributed by atoms with Crippen molar-refractivity contribution in [1.29, 1.82) is 0 Å². The van der Waals surface area contributed by atoms with Crippen molar-refractivity contribution in [2.45, 2.75) is 45.4 Å². The largest absolute Gasteiger partial charge is 0.378 e. The average molecular weight is 211 g/mol. The van der Waals surface area contributed by atoms with E-state index in [2.05, 4.69) is 20.3 Å². The highest BCUT2D eigenvalue weighted by atomic mass is 16.6. The van der Waals surface area contributed by atoms with Crippen molar-refractivity contribution in [3.8, 4) is 0 Å². The van der Waals surface area contributed by atoms with Gasteiger partial charge in [-0.05, 0) is 26.7 Å². The molecule has 1 aliphatic carbocycles. The SMILES string of the molecule is CCOC1CC(NCc2nonc2C)C1. The van der Waals surface area contributed by atoms with Gasteiger partial charge in [-0.15, -0.1) is 0 Å². The monoisotopic (exact) mass is 211 g/mol. The summed E-state index contributed by atoms with van der Waals surface area (Å²) in [6.07, 6.45) is 2.64. The van der Waals surface area contributed by atoms with E-state index >= 15 is 0 Å². The summed E-state index contributed by atoms with van der Waals surface area (Å²) in [6.45, 7) is 5.48. The summed E-state index contributed by atoms with van der Waals surface area (Å²) >= 11 is 0. The van der Waals surface area contributed by atoms with Crippen molar-refractivity contribution < 1.29 is 9.37 Å². The maximum atomic E-state index is 5.48. The quantitative estimate of drug-likeness (QED) is 0.788. The summed E-state index contributed by atoms with van der Waals surface area (Å²) in [5.74, 6) is 0. The highest BCUT2D eigenvalue weighted by Gasteiger charge is 2.29. The lowest BCUT2D eigenvalue weighted by Gasteiger charge is -2.35. The molecule has 1 N–H and O–H groups in total. The molecule has 1 aromatic rings. The minimum absolute atomic E-state index is 0.448. The van der Waals surface area contributed by atoms with Gasteiger partial charge in [0.25, 0.3) is 0 Å². The fraction of sp³-hybridized carbons (Fsp3) is 0.800. The third kappa shape index (κ3) is 2.54. The van der Waals surface area contributed by atoms with Gasteiger partial charge < -0.3 is 10.1 Å². The molecule has 0 bridgehead atoms. The van der Waals surface area contributed by atoms with Crippen molar-refractivity contribution in [2.75, 3.05) is 6.61 Å². The molecule has 1 saturated carbocycles. The van der Waals surface area contributed by atoms with Gasteiger partial charge in [0.15, 0.2) is 0 Å². The second-order valence-electron chi connectivity index (χ2n) is 3.92. The lowest BCUT2D eigenvalue weighted by atomic mass is 9.89. The van der Waals surface area contributed by atoms with Gasteiger partial charge in [0, 0.05) is 19.2 Å². The van der Waals surface area contributed by atoms with E-state index in [1.54, 1.807) is 0 Å². The predicted octanol–water partition coefficient (Wildman–Crippen LogP) is 1.04. The van der Waals surface area contributed by atoms with E-state index in [1.807, 2.05) is 13.8 Å². The second kappa shape index (κ2) is 4.72. The van der Waals surface area contributed by atoms with E-state index in [4.69, 9.17) is 4.74 Å². The van der Waals surface area contributed by atoms with E-state index in [0.29, 0.717) is 12.1 Å². The number of hydrogen-bond acceptors (Lipinski definition) is 5. The first kappa shape index (κ1) is 10.6. The molecule has 0 aromatic carbocycles. The van der Waals surface area contributed by atoms with E-state index < -0.39 is 0 Å². The van der Waals surface area contributed by atoms with Crippen LogP contribution in [0.4, 0.5) is 0 Å². The molecular formula is C10H17N3O2. The molecule has 0 spiro atoms. The highest BCUT2D eigenvalue weighted by molar-refractivity contribution is 5.04. The fourth-order valence-corrected chi connectivity index (χ4v) is 1.75. The zero-order valence-electron chi connectivity index (χ0n) is 9.19.